The van der Waals surface area contributed by atoms with Gasteiger partial charge in [0.1, 0.15) is 0 Å². The quantitative estimate of drug-likeness (QED) is 0.739. The van der Waals surface area contributed by atoms with E-state index < -0.39 is 10.0 Å². The summed E-state index contributed by atoms with van der Waals surface area (Å²) in [7, 11) is -3.59. The Balaban J connectivity index is 1.71. The molecule has 150 valence electrons. The van der Waals surface area contributed by atoms with Crippen LogP contribution in [0.15, 0.2) is 42.5 Å². The third kappa shape index (κ3) is 5.26. The number of hydrogen-bond acceptors (Lipinski definition) is 3. The Morgan fingerprint density at radius 3 is 2.64 bits per heavy atom. The van der Waals surface area contributed by atoms with Crippen LogP contribution in [0.1, 0.15) is 35.6 Å². The monoisotopic (exact) mass is 440 g/mol. The summed E-state index contributed by atoms with van der Waals surface area (Å²) < 4.78 is 25.5. The van der Waals surface area contributed by atoms with Gasteiger partial charge in [0, 0.05) is 6.54 Å². The van der Waals surface area contributed by atoms with Crippen LogP contribution in [0.2, 0.25) is 10.0 Å². The molecule has 0 bridgehead atoms. The second-order valence-electron chi connectivity index (χ2n) is 6.99. The van der Waals surface area contributed by atoms with E-state index in [2.05, 4.69) is 11.4 Å². The lowest BCUT2D eigenvalue weighted by Gasteiger charge is -2.27. The van der Waals surface area contributed by atoms with Gasteiger partial charge >= 0.3 is 0 Å². The molecule has 8 heteroatoms. The third-order valence-corrected chi connectivity index (χ3v) is 6.77. The van der Waals surface area contributed by atoms with Gasteiger partial charge in [-0.15, -0.1) is 0 Å². The zero-order valence-corrected chi connectivity index (χ0v) is 17.8. The highest BCUT2D eigenvalue weighted by Gasteiger charge is 2.25. The number of rotatable bonds is 6. The van der Waals surface area contributed by atoms with E-state index in [4.69, 9.17) is 23.2 Å². The third-order valence-electron chi connectivity index (χ3n) is 4.84. The molecule has 2 aromatic carbocycles. The van der Waals surface area contributed by atoms with Gasteiger partial charge in [0.05, 0.1) is 28.9 Å². The number of nitrogens with zero attached hydrogens (tertiary/aromatic N) is 1. The van der Waals surface area contributed by atoms with Gasteiger partial charge in [-0.1, -0.05) is 53.5 Å². The van der Waals surface area contributed by atoms with Gasteiger partial charge in [-0.05, 0) is 48.1 Å². The van der Waals surface area contributed by atoms with Crippen LogP contribution in [0.3, 0.4) is 0 Å². The first kappa shape index (κ1) is 21.1. The van der Waals surface area contributed by atoms with E-state index >= 15 is 0 Å². The van der Waals surface area contributed by atoms with Crippen molar-refractivity contribution in [2.45, 2.75) is 31.8 Å². The summed E-state index contributed by atoms with van der Waals surface area (Å²) in [6.07, 6.45) is 3.92. The van der Waals surface area contributed by atoms with Crippen LogP contribution < -0.4 is 5.32 Å². The topological polar surface area (TPSA) is 66.5 Å². The summed E-state index contributed by atoms with van der Waals surface area (Å²) in [6.45, 7) is -0.206. The predicted octanol–water partition coefficient (Wildman–Crippen LogP) is 3.95. The van der Waals surface area contributed by atoms with Crippen molar-refractivity contribution in [3.8, 4) is 0 Å². The Morgan fingerprint density at radius 1 is 1.18 bits per heavy atom. The highest BCUT2D eigenvalue weighted by atomic mass is 35.5. The van der Waals surface area contributed by atoms with Crippen LogP contribution in [0.5, 0.6) is 0 Å². The summed E-state index contributed by atoms with van der Waals surface area (Å²) >= 11 is 11.9. The number of hydrogen-bond donors (Lipinski definition) is 1. The number of nitrogens with one attached hydrogen (secondary N) is 1. The number of carbonyl (C=O) groups is 1. The minimum absolute atomic E-state index is 0.0460. The SMILES string of the molecule is CS(=O)(=O)N(CC(=O)NC1CCCc2ccccc21)Cc1ccc(Cl)c(Cl)c1. The number of amides is 1. The molecule has 1 unspecified atom stereocenters. The smallest absolute Gasteiger partial charge is 0.235 e. The molecule has 0 fully saturated rings. The van der Waals surface area contributed by atoms with Crippen molar-refractivity contribution in [2.24, 2.45) is 0 Å². The molecule has 1 amide bonds. The molecule has 0 saturated heterocycles. The molecular formula is C20H22Cl2N2O3S. The Labute approximate surface area is 175 Å². The van der Waals surface area contributed by atoms with Crippen molar-refractivity contribution in [3.05, 3.63) is 69.2 Å². The van der Waals surface area contributed by atoms with Crippen molar-refractivity contribution in [1.82, 2.24) is 9.62 Å². The van der Waals surface area contributed by atoms with Gasteiger partial charge in [-0.3, -0.25) is 4.79 Å². The lowest BCUT2D eigenvalue weighted by atomic mass is 9.88. The van der Waals surface area contributed by atoms with Gasteiger partial charge in [0.15, 0.2) is 0 Å². The molecule has 1 aliphatic carbocycles. The first-order valence-corrected chi connectivity index (χ1v) is 11.6. The molecule has 0 spiro atoms. The Bertz CT molecular complexity index is 979. The summed E-state index contributed by atoms with van der Waals surface area (Å²) in [5.41, 5.74) is 3.00. The number of halogens is 2. The second kappa shape index (κ2) is 8.82. The highest BCUT2D eigenvalue weighted by molar-refractivity contribution is 7.88. The van der Waals surface area contributed by atoms with Crippen molar-refractivity contribution < 1.29 is 13.2 Å². The molecule has 2 aromatic rings. The largest absolute Gasteiger partial charge is 0.348 e. The molecule has 0 radical (unpaired) electrons. The maximum atomic E-state index is 12.6. The molecule has 0 heterocycles. The minimum Gasteiger partial charge on any atom is -0.348 e. The predicted molar refractivity (Wildman–Crippen MR) is 112 cm³/mol. The van der Waals surface area contributed by atoms with E-state index in [0.717, 1.165) is 35.4 Å². The summed E-state index contributed by atoms with van der Waals surface area (Å²) in [6, 6.07) is 12.9. The zero-order chi connectivity index (χ0) is 20.3. The fourth-order valence-corrected chi connectivity index (χ4v) is 4.49. The number of carbonyl (C=O) groups excluding carboxylic acids is 1. The lowest BCUT2D eigenvalue weighted by Crippen LogP contribution is -2.41. The van der Waals surface area contributed by atoms with Crippen molar-refractivity contribution in [3.63, 3.8) is 0 Å². The number of sulfonamides is 1. The average Bonchev–Trinajstić information content (AvgIpc) is 2.64. The van der Waals surface area contributed by atoms with Gasteiger partial charge in [-0.25, -0.2) is 8.42 Å². The molecule has 1 N–H and O–H groups in total. The molecule has 0 aliphatic heterocycles. The molecule has 5 nitrogen and oxygen atoms in total. The maximum Gasteiger partial charge on any atom is 0.235 e. The van der Waals surface area contributed by atoms with Gasteiger partial charge in [0.25, 0.3) is 0 Å². The summed E-state index contributed by atoms with van der Waals surface area (Å²) in [5, 5.41) is 3.73. The van der Waals surface area contributed by atoms with Gasteiger partial charge < -0.3 is 5.32 Å². The fraction of sp³-hybridized carbons (Fsp3) is 0.350. The van der Waals surface area contributed by atoms with Gasteiger partial charge in [-0.2, -0.15) is 4.31 Å². The van der Waals surface area contributed by atoms with Crippen LogP contribution in [0, 0.1) is 0 Å². The normalized spacial score (nSPS) is 16.6. The number of fused-ring (bicyclic) bond motifs is 1. The van der Waals surface area contributed by atoms with Crippen LogP contribution in [0.25, 0.3) is 0 Å². The number of aryl methyl sites for hydroxylation is 1. The molecule has 1 atom stereocenters. The van der Waals surface area contributed by atoms with E-state index in [1.165, 1.54) is 5.56 Å². The first-order valence-electron chi connectivity index (χ1n) is 9.00. The van der Waals surface area contributed by atoms with Crippen molar-refractivity contribution in [1.29, 1.82) is 0 Å². The molecule has 0 saturated carbocycles. The van der Waals surface area contributed by atoms with Crippen molar-refractivity contribution in [2.75, 3.05) is 12.8 Å². The lowest BCUT2D eigenvalue weighted by molar-refractivity contribution is -0.122. The fourth-order valence-electron chi connectivity index (χ4n) is 3.44. The zero-order valence-electron chi connectivity index (χ0n) is 15.5. The van der Waals surface area contributed by atoms with E-state index in [0.29, 0.717) is 15.6 Å². The Kier molecular flexibility index (Phi) is 6.65. The van der Waals surface area contributed by atoms with Crippen molar-refractivity contribution >= 4 is 39.1 Å². The Morgan fingerprint density at radius 2 is 1.93 bits per heavy atom. The minimum atomic E-state index is -3.59. The second-order valence-corrected chi connectivity index (χ2v) is 9.79. The molecule has 0 aromatic heterocycles. The van der Waals surface area contributed by atoms with E-state index in [-0.39, 0.29) is 25.0 Å². The van der Waals surface area contributed by atoms with E-state index in [1.54, 1.807) is 18.2 Å². The molecular weight excluding hydrogens is 419 g/mol. The van der Waals surface area contributed by atoms with Gasteiger partial charge in [0.2, 0.25) is 15.9 Å². The van der Waals surface area contributed by atoms with E-state index in [1.807, 2.05) is 18.2 Å². The van der Waals surface area contributed by atoms with Crippen LogP contribution in [-0.2, 0) is 27.8 Å². The maximum absolute atomic E-state index is 12.6. The number of benzene rings is 2. The van der Waals surface area contributed by atoms with Crippen LogP contribution in [-0.4, -0.2) is 31.4 Å². The average molecular weight is 441 g/mol. The molecule has 3 rings (SSSR count). The van der Waals surface area contributed by atoms with Crippen LogP contribution >= 0.6 is 23.2 Å². The Hall–Kier alpha value is -1.60. The molecule has 28 heavy (non-hydrogen) atoms. The van der Waals surface area contributed by atoms with E-state index in [9.17, 15) is 13.2 Å². The molecule has 1 aliphatic rings. The summed E-state index contributed by atoms with van der Waals surface area (Å²) in [4.78, 5) is 12.6. The highest BCUT2D eigenvalue weighted by Crippen LogP contribution is 2.29. The standard InChI is InChI=1S/C20H22Cl2N2O3S/c1-28(26,27)24(12-14-9-10-17(21)18(22)11-14)13-20(25)23-19-8-4-6-15-5-2-3-7-16(15)19/h2-3,5,7,9-11,19H,4,6,8,12-13H2,1H3,(H,23,25). The van der Waals surface area contributed by atoms with Crippen LogP contribution in [0.4, 0.5) is 0 Å². The summed E-state index contributed by atoms with van der Waals surface area (Å²) in [5.74, 6) is -0.327. The first-order chi connectivity index (χ1) is 13.2.